The molecule has 0 aliphatic heterocycles. The molecule has 2 saturated carbocycles. The van der Waals surface area contributed by atoms with Crippen molar-refractivity contribution in [3.8, 4) is 11.3 Å². The minimum atomic E-state index is -3.49. The summed E-state index contributed by atoms with van der Waals surface area (Å²) in [5.41, 5.74) is 2.64. The van der Waals surface area contributed by atoms with Crippen molar-refractivity contribution >= 4 is 15.7 Å². The molecule has 0 amide bonds. The van der Waals surface area contributed by atoms with E-state index < -0.39 is 10.0 Å². The average molecular weight is 375 g/mol. The van der Waals surface area contributed by atoms with Crippen LogP contribution < -0.4 is 10.0 Å². The van der Waals surface area contributed by atoms with Gasteiger partial charge in [-0.3, -0.25) is 0 Å². The maximum absolute atomic E-state index is 12.3. The molecule has 0 saturated heterocycles. The van der Waals surface area contributed by atoms with Gasteiger partial charge in [0, 0.05) is 29.5 Å². The van der Waals surface area contributed by atoms with Crippen molar-refractivity contribution < 1.29 is 8.42 Å². The molecule has 2 aliphatic rings. The molecule has 7 heteroatoms. The van der Waals surface area contributed by atoms with E-state index in [-0.39, 0.29) is 4.90 Å². The van der Waals surface area contributed by atoms with Gasteiger partial charge in [-0.05, 0) is 50.9 Å². The van der Waals surface area contributed by atoms with Crippen LogP contribution in [0.3, 0.4) is 0 Å². The summed E-state index contributed by atoms with van der Waals surface area (Å²) in [5, 5.41) is 3.63. The van der Waals surface area contributed by atoms with Gasteiger partial charge in [0.15, 0.2) is 0 Å². The van der Waals surface area contributed by atoms with Crippen molar-refractivity contribution in [1.29, 1.82) is 0 Å². The summed E-state index contributed by atoms with van der Waals surface area (Å²) in [4.78, 5) is 4.83. The number of hydrogen-bond donors (Lipinski definition) is 2. The standard InChI is InChI=1S/C19H26N4O2S/c1-20-26(24,25)16-9-10-18(22-14-5-3-2-4-6-14)17(11-16)19-12-23(13-21-19)15-7-8-15/h9-15,20,22H,2-8H2,1H3. The van der Waals surface area contributed by atoms with Gasteiger partial charge < -0.3 is 9.88 Å². The van der Waals surface area contributed by atoms with E-state index in [1.165, 1.54) is 39.2 Å². The number of sulfonamides is 1. The van der Waals surface area contributed by atoms with Crippen LogP contribution in [0.4, 0.5) is 5.69 Å². The van der Waals surface area contributed by atoms with E-state index in [0.717, 1.165) is 29.8 Å². The number of nitrogens with one attached hydrogen (secondary N) is 2. The Bertz CT molecular complexity index is 881. The first-order valence-corrected chi connectivity index (χ1v) is 10.9. The lowest BCUT2D eigenvalue weighted by Crippen LogP contribution is -2.23. The van der Waals surface area contributed by atoms with Crippen LogP contribution in [0.1, 0.15) is 51.0 Å². The maximum atomic E-state index is 12.3. The molecule has 2 aromatic rings. The zero-order valence-electron chi connectivity index (χ0n) is 15.1. The van der Waals surface area contributed by atoms with Crippen molar-refractivity contribution in [2.45, 2.75) is 61.9 Å². The van der Waals surface area contributed by atoms with E-state index in [9.17, 15) is 8.42 Å². The molecule has 1 aromatic heterocycles. The van der Waals surface area contributed by atoms with E-state index >= 15 is 0 Å². The molecule has 0 atom stereocenters. The van der Waals surface area contributed by atoms with Gasteiger partial charge >= 0.3 is 0 Å². The third-order valence-electron chi connectivity index (χ3n) is 5.38. The second-order valence-corrected chi connectivity index (χ2v) is 9.22. The molecule has 6 nitrogen and oxygen atoms in total. The summed E-state index contributed by atoms with van der Waals surface area (Å²) in [5.74, 6) is 0. The molecule has 4 rings (SSSR count). The number of nitrogens with zero attached hydrogens (tertiary/aromatic N) is 2. The summed E-state index contributed by atoms with van der Waals surface area (Å²) in [6.07, 6.45) is 12.4. The van der Waals surface area contributed by atoms with Crippen molar-refractivity contribution in [3.63, 3.8) is 0 Å². The van der Waals surface area contributed by atoms with E-state index in [1.54, 1.807) is 12.1 Å². The lowest BCUT2D eigenvalue weighted by molar-refractivity contribution is 0.463. The van der Waals surface area contributed by atoms with Crippen LogP contribution in [-0.2, 0) is 10.0 Å². The first-order chi connectivity index (χ1) is 12.6. The molecule has 1 aromatic carbocycles. The Hall–Kier alpha value is -1.86. The van der Waals surface area contributed by atoms with E-state index in [1.807, 2.05) is 18.6 Å². The van der Waals surface area contributed by atoms with Crippen LogP contribution >= 0.6 is 0 Å². The Morgan fingerprint density at radius 3 is 2.58 bits per heavy atom. The van der Waals surface area contributed by atoms with Gasteiger partial charge in [-0.2, -0.15) is 0 Å². The monoisotopic (exact) mass is 374 g/mol. The molecule has 0 bridgehead atoms. The molecule has 26 heavy (non-hydrogen) atoms. The van der Waals surface area contributed by atoms with Crippen molar-refractivity contribution in [2.75, 3.05) is 12.4 Å². The first-order valence-electron chi connectivity index (χ1n) is 9.45. The highest BCUT2D eigenvalue weighted by Crippen LogP contribution is 2.37. The molecule has 2 N–H and O–H groups in total. The van der Waals surface area contributed by atoms with Gasteiger partial charge in [0.25, 0.3) is 0 Å². The van der Waals surface area contributed by atoms with Crippen molar-refractivity contribution in [1.82, 2.24) is 14.3 Å². The number of benzene rings is 1. The summed E-state index contributed by atoms with van der Waals surface area (Å²) in [6.45, 7) is 0. The maximum Gasteiger partial charge on any atom is 0.240 e. The van der Waals surface area contributed by atoms with Gasteiger partial charge in [-0.15, -0.1) is 0 Å². The summed E-state index contributed by atoms with van der Waals surface area (Å²) < 4.78 is 29.0. The van der Waals surface area contributed by atoms with E-state index in [2.05, 4.69) is 19.6 Å². The highest BCUT2D eigenvalue weighted by atomic mass is 32.2. The van der Waals surface area contributed by atoms with Gasteiger partial charge in [0.2, 0.25) is 10.0 Å². The SMILES string of the molecule is CNS(=O)(=O)c1ccc(NC2CCCCC2)c(-c2cn(C3CC3)cn2)c1. The predicted molar refractivity (Wildman–Crippen MR) is 103 cm³/mol. The van der Waals surface area contributed by atoms with Gasteiger partial charge in [-0.1, -0.05) is 19.3 Å². The molecule has 140 valence electrons. The lowest BCUT2D eigenvalue weighted by Gasteiger charge is -2.25. The first kappa shape index (κ1) is 17.5. The van der Waals surface area contributed by atoms with E-state index in [4.69, 9.17) is 0 Å². The van der Waals surface area contributed by atoms with Gasteiger partial charge in [0.05, 0.1) is 16.9 Å². The van der Waals surface area contributed by atoms with Crippen LogP contribution in [0.5, 0.6) is 0 Å². The third kappa shape index (κ3) is 3.64. The number of rotatable bonds is 6. The van der Waals surface area contributed by atoms with Crippen LogP contribution in [0, 0.1) is 0 Å². The van der Waals surface area contributed by atoms with Gasteiger partial charge in [0.1, 0.15) is 0 Å². The largest absolute Gasteiger partial charge is 0.382 e. The topological polar surface area (TPSA) is 76.0 Å². The lowest BCUT2D eigenvalue weighted by atomic mass is 9.95. The second-order valence-electron chi connectivity index (χ2n) is 7.33. The summed E-state index contributed by atoms with van der Waals surface area (Å²) in [6, 6.07) is 6.27. The zero-order valence-corrected chi connectivity index (χ0v) is 15.9. The summed E-state index contributed by atoms with van der Waals surface area (Å²) >= 11 is 0. The Kier molecular flexibility index (Phi) is 4.75. The minimum Gasteiger partial charge on any atom is -0.382 e. The molecule has 0 radical (unpaired) electrons. The molecular formula is C19H26N4O2S. The fourth-order valence-corrected chi connectivity index (χ4v) is 4.42. The third-order valence-corrected chi connectivity index (χ3v) is 6.79. The molecule has 2 aliphatic carbocycles. The zero-order chi connectivity index (χ0) is 18.1. The second kappa shape index (κ2) is 7.04. The molecule has 0 unspecified atom stereocenters. The minimum absolute atomic E-state index is 0.269. The predicted octanol–water partition coefficient (Wildman–Crippen LogP) is 3.54. The highest BCUT2D eigenvalue weighted by Gasteiger charge is 2.25. The number of anilines is 1. The molecule has 0 spiro atoms. The van der Waals surface area contributed by atoms with Gasteiger partial charge in [-0.25, -0.2) is 18.1 Å². The van der Waals surface area contributed by atoms with E-state index in [0.29, 0.717) is 12.1 Å². The molecular weight excluding hydrogens is 348 g/mol. The number of imidazole rings is 1. The normalized spacial score (nSPS) is 18.8. The Labute approximate surface area is 155 Å². The van der Waals surface area contributed by atoms with Crippen LogP contribution in [-0.4, -0.2) is 31.1 Å². The fourth-order valence-electron chi connectivity index (χ4n) is 3.66. The Morgan fingerprint density at radius 1 is 1.12 bits per heavy atom. The quantitative estimate of drug-likeness (QED) is 0.811. The van der Waals surface area contributed by atoms with Crippen molar-refractivity contribution in [3.05, 3.63) is 30.7 Å². The molecule has 2 fully saturated rings. The van der Waals surface area contributed by atoms with Crippen LogP contribution in [0.15, 0.2) is 35.6 Å². The Balaban J connectivity index is 1.71. The number of aromatic nitrogens is 2. The van der Waals surface area contributed by atoms with Crippen LogP contribution in [0.2, 0.25) is 0 Å². The average Bonchev–Trinajstić information content (AvgIpc) is 3.40. The fraction of sp³-hybridized carbons (Fsp3) is 0.526. The highest BCUT2D eigenvalue weighted by molar-refractivity contribution is 7.89. The van der Waals surface area contributed by atoms with Crippen molar-refractivity contribution in [2.24, 2.45) is 0 Å². The smallest absolute Gasteiger partial charge is 0.240 e. The Morgan fingerprint density at radius 2 is 1.88 bits per heavy atom. The number of hydrogen-bond acceptors (Lipinski definition) is 4. The van der Waals surface area contributed by atoms with Crippen LogP contribution in [0.25, 0.3) is 11.3 Å². The molecule has 1 heterocycles. The summed E-state index contributed by atoms with van der Waals surface area (Å²) in [7, 11) is -2.05.